The van der Waals surface area contributed by atoms with E-state index in [0.717, 1.165) is 23.9 Å². The van der Waals surface area contributed by atoms with Crippen LogP contribution in [0.5, 0.6) is 0 Å². The molecule has 0 fully saturated rings. The third-order valence-corrected chi connectivity index (χ3v) is 6.48. The van der Waals surface area contributed by atoms with Crippen molar-refractivity contribution in [1.29, 1.82) is 0 Å². The van der Waals surface area contributed by atoms with E-state index in [0.29, 0.717) is 11.1 Å². The lowest BCUT2D eigenvalue weighted by Crippen LogP contribution is -2.13. The van der Waals surface area contributed by atoms with Crippen molar-refractivity contribution in [3.8, 4) is 11.1 Å². The van der Waals surface area contributed by atoms with Gasteiger partial charge in [-0.05, 0) is 54.1 Å². The minimum atomic E-state index is -3.92. The van der Waals surface area contributed by atoms with Crippen LogP contribution in [0.15, 0.2) is 71.6 Å². The lowest BCUT2D eigenvalue weighted by Gasteiger charge is -2.10. The van der Waals surface area contributed by atoms with E-state index in [1.165, 1.54) is 61.5 Å². The van der Waals surface area contributed by atoms with E-state index in [1.54, 1.807) is 0 Å². The first-order valence-electron chi connectivity index (χ1n) is 9.00. The third-order valence-electron chi connectivity index (χ3n) is 4.27. The molecule has 1 N–H and O–H groups in total. The Hall–Kier alpha value is -3.04. The SMILES string of the molecule is CC(=O)SCC(=O)c1ccc(NS(=O)(=O)c2ccc(-c3ccc(F)cc3F)cc2)cc1. The average molecular weight is 462 g/mol. The number of sulfonamides is 1. The van der Waals surface area contributed by atoms with Gasteiger partial charge >= 0.3 is 0 Å². The van der Waals surface area contributed by atoms with Gasteiger partial charge in [0.2, 0.25) is 0 Å². The maximum atomic E-state index is 13.9. The summed E-state index contributed by atoms with van der Waals surface area (Å²) in [5.74, 6) is -1.67. The van der Waals surface area contributed by atoms with Crippen LogP contribution in [0.1, 0.15) is 17.3 Å². The van der Waals surface area contributed by atoms with Crippen LogP contribution in [0.25, 0.3) is 11.1 Å². The quantitative estimate of drug-likeness (QED) is 0.507. The first-order chi connectivity index (χ1) is 14.7. The van der Waals surface area contributed by atoms with Crippen molar-refractivity contribution in [2.24, 2.45) is 0 Å². The molecule has 0 heterocycles. The minimum absolute atomic E-state index is 0.0153. The summed E-state index contributed by atoms with van der Waals surface area (Å²) in [6, 6.07) is 14.5. The van der Waals surface area contributed by atoms with E-state index in [1.807, 2.05) is 0 Å². The third kappa shape index (κ3) is 5.77. The first-order valence-corrected chi connectivity index (χ1v) is 11.5. The Labute approximate surface area is 182 Å². The number of thioether (sulfide) groups is 1. The van der Waals surface area contributed by atoms with Crippen LogP contribution in [0.2, 0.25) is 0 Å². The molecule has 0 aromatic heterocycles. The molecule has 0 saturated carbocycles. The number of hydrogen-bond acceptors (Lipinski definition) is 5. The lowest BCUT2D eigenvalue weighted by atomic mass is 10.1. The largest absolute Gasteiger partial charge is 0.293 e. The van der Waals surface area contributed by atoms with Crippen molar-refractivity contribution in [2.45, 2.75) is 11.8 Å². The Morgan fingerprint density at radius 3 is 2.16 bits per heavy atom. The molecule has 0 aliphatic carbocycles. The number of rotatable bonds is 7. The number of carbonyl (C=O) groups excluding carboxylic acids is 2. The van der Waals surface area contributed by atoms with Crippen molar-refractivity contribution in [1.82, 2.24) is 0 Å². The van der Waals surface area contributed by atoms with Crippen molar-refractivity contribution in [2.75, 3.05) is 10.5 Å². The number of halogens is 2. The van der Waals surface area contributed by atoms with Gasteiger partial charge in [-0.25, -0.2) is 17.2 Å². The highest BCUT2D eigenvalue weighted by molar-refractivity contribution is 8.14. The van der Waals surface area contributed by atoms with Gasteiger partial charge in [0, 0.05) is 29.8 Å². The van der Waals surface area contributed by atoms with Crippen LogP contribution < -0.4 is 4.72 Å². The summed E-state index contributed by atoms with van der Waals surface area (Å²) < 4.78 is 54.6. The number of nitrogens with one attached hydrogen (secondary N) is 1. The van der Waals surface area contributed by atoms with Crippen LogP contribution in [0.3, 0.4) is 0 Å². The van der Waals surface area contributed by atoms with E-state index < -0.39 is 21.7 Å². The predicted octanol–water partition coefficient (Wildman–Crippen LogP) is 4.90. The maximum absolute atomic E-state index is 13.9. The van der Waals surface area contributed by atoms with Gasteiger partial charge in [0.25, 0.3) is 10.0 Å². The van der Waals surface area contributed by atoms with Gasteiger partial charge in [-0.3, -0.25) is 14.3 Å². The highest BCUT2D eigenvalue weighted by Gasteiger charge is 2.16. The van der Waals surface area contributed by atoms with Crippen LogP contribution in [-0.4, -0.2) is 25.1 Å². The van der Waals surface area contributed by atoms with Crippen LogP contribution in [-0.2, 0) is 14.8 Å². The normalized spacial score (nSPS) is 11.2. The van der Waals surface area contributed by atoms with Crippen LogP contribution >= 0.6 is 11.8 Å². The van der Waals surface area contributed by atoms with E-state index >= 15 is 0 Å². The number of ketones is 1. The number of carbonyl (C=O) groups is 2. The molecule has 3 aromatic carbocycles. The van der Waals surface area contributed by atoms with Crippen molar-refractivity contribution in [3.63, 3.8) is 0 Å². The Morgan fingerprint density at radius 2 is 1.58 bits per heavy atom. The fourth-order valence-corrected chi connectivity index (χ4v) is 4.29. The van der Waals surface area contributed by atoms with Gasteiger partial charge < -0.3 is 0 Å². The summed E-state index contributed by atoms with van der Waals surface area (Å²) >= 11 is 0.905. The first kappa shape index (κ1) is 22.6. The number of Topliss-reactive ketones (excluding diaryl/α,β-unsaturated/α-hetero) is 1. The highest BCUT2D eigenvalue weighted by Crippen LogP contribution is 2.25. The number of anilines is 1. The van der Waals surface area contributed by atoms with Crippen LogP contribution in [0, 0.1) is 11.6 Å². The Bertz CT molecular complexity index is 1230. The second-order valence-corrected chi connectivity index (χ2v) is 9.37. The average Bonchev–Trinajstić information content (AvgIpc) is 2.72. The molecule has 0 aliphatic heterocycles. The molecular formula is C22H17F2NO4S2. The van der Waals surface area contributed by atoms with Crippen molar-refractivity contribution < 1.29 is 26.8 Å². The zero-order valence-corrected chi connectivity index (χ0v) is 17.9. The topological polar surface area (TPSA) is 80.3 Å². The van der Waals surface area contributed by atoms with E-state index in [-0.39, 0.29) is 32.8 Å². The van der Waals surface area contributed by atoms with E-state index in [4.69, 9.17) is 0 Å². The maximum Gasteiger partial charge on any atom is 0.261 e. The molecule has 9 heteroatoms. The second kappa shape index (κ2) is 9.40. The van der Waals surface area contributed by atoms with Gasteiger partial charge in [-0.2, -0.15) is 0 Å². The molecule has 31 heavy (non-hydrogen) atoms. The summed E-state index contributed by atoms with van der Waals surface area (Å²) in [6.07, 6.45) is 0. The monoisotopic (exact) mass is 461 g/mol. The molecule has 160 valence electrons. The Morgan fingerprint density at radius 1 is 0.935 bits per heavy atom. The molecule has 5 nitrogen and oxygen atoms in total. The number of benzene rings is 3. The van der Waals surface area contributed by atoms with Gasteiger partial charge in [0.15, 0.2) is 10.9 Å². The molecule has 0 atom stereocenters. The van der Waals surface area contributed by atoms with Gasteiger partial charge in [0.05, 0.1) is 10.6 Å². The van der Waals surface area contributed by atoms with Gasteiger partial charge in [0.1, 0.15) is 11.6 Å². The molecule has 0 spiro atoms. The van der Waals surface area contributed by atoms with E-state index in [2.05, 4.69) is 4.72 Å². The standard InChI is InChI=1S/C22H17F2NO4S2/c1-14(26)30-13-22(27)16-2-7-18(8-3-16)25-31(28,29)19-9-4-15(5-10-19)20-11-6-17(23)12-21(20)24/h2-12,25H,13H2,1H3. The van der Waals surface area contributed by atoms with Crippen LogP contribution in [0.4, 0.5) is 14.5 Å². The molecule has 0 unspecified atom stereocenters. The summed E-state index contributed by atoms with van der Waals surface area (Å²) in [5.41, 5.74) is 1.18. The molecule has 0 amide bonds. The molecule has 0 aliphatic rings. The predicted molar refractivity (Wildman–Crippen MR) is 117 cm³/mol. The summed E-state index contributed by atoms with van der Waals surface area (Å²) in [7, 11) is -3.92. The molecule has 3 aromatic rings. The minimum Gasteiger partial charge on any atom is -0.293 e. The smallest absolute Gasteiger partial charge is 0.261 e. The van der Waals surface area contributed by atoms with E-state index in [9.17, 15) is 26.8 Å². The highest BCUT2D eigenvalue weighted by atomic mass is 32.2. The molecular weight excluding hydrogens is 444 g/mol. The van der Waals surface area contributed by atoms with Gasteiger partial charge in [-0.15, -0.1) is 0 Å². The zero-order chi connectivity index (χ0) is 22.6. The number of hydrogen-bond donors (Lipinski definition) is 1. The fourth-order valence-electron chi connectivity index (χ4n) is 2.73. The zero-order valence-electron chi connectivity index (χ0n) is 16.3. The second-order valence-electron chi connectivity index (χ2n) is 6.53. The summed E-state index contributed by atoms with van der Waals surface area (Å²) in [4.78, 5) is 22.9. The molecule has 0 radical (unpaired) electrons. The molecule has 0 saturated heterocycles. The Kier molecular flexibility index (Phi) is 6.87. The van der Waals surface area contributed by atoms with Gasteiger partial charge in [-0.1, -0.05) is 23.9 Å². The molecule has 3 rings (SSSR count). The summed E-state index contributed by atoms with van der Waals surface area (Å²) in [5, 5.41) is -0.161. The van der Waals surface area contributed by atoms with Crippen molar-refractivity contribution >= 4 is 38.4 Å². The molecule has 0 bridgehead atoms. The van der Waals surface area contributed by atoms with Crippen molar-refractivity contribution in [3.05, 3.63) is 83.9 Å². The lowest BCUT2D eigenvalue weighted by molar-refractivity contribution is -0.109. The fraction of sp³-hybridized carbons (Fsp3) is 0.0909. The summed E-state index contributed by atoms with van der Waals surface area (Å²) in [6.45, 7) is 1.37. The Balaban J connectivity index is 1.73.